The van der Waals surface area contributed by atoms with Crippen LogP contribution in [0.15, 0.2) is 0 Å². The summed E-state index contributed by atoms with van der Waals surface area (Å²) in [5.74, 6) is 0. The van der Waals surface area contributed by atoms with E-state index >= 15 is 0 Å². The van der Waals surface area contributed by atoms with E-state index in [1.165, 1.54) is 0 Å². The summed E-state index contributed by atoms with van der Waals surface area (Å²) in [6.07, 6.45) is 1.61. The quantitative estimate of drug-likeness (QED) is 0.371. The molecule has 0 rings (SSSR count). The molecule has 0 radical (unpaired) electrons. The Labute approximate surface area is 170 Å². The summed E-state index contributed by atoms with van der Waals surface area (Å²) in [6.45, 7) is 11.1. The number of amides is 1. The first-order chi connectivity index (χ1) is 13.2. The lowest BCUT2D eigenvalue weighted by Gasteiger charge is -2.29. The summed E-state index contributed by atoms with van der Waals surface area (Å²) in [5, 5.41) is 2.70. The van der Waals surface area contributed by atoms with Crippen molar-refractivity contribution in [3.8, 4) is 0 Å². The summed E-state index contributed by atoms with van der Waals surface area (Å²) in [6, 6.07) is 0. The molecule has 0 saturated heterocycles. The fourth-order valence-corrected chi connectivity index (χ4v) is 2.27. The Morgan fingerprint density at radius 3 is 2.04 bits per heavy atom. The Bertz CT molecular complexity index is 402. The Morgan fingerprint density at radius 2 is 1.46 bits per heavy atom. The number of hydrogen-bond acceptors (Lipinski definition) is 7. The molecule has 0 fully saturated rings. The molecule has 8 nitrogen and oxygen atoms in total. The van der Waals surface area contributed by atoms with E-state index in [1.54, 1.807) is 21.3 Å². The van der Waals surface area contributed by atoms with E-state index in [-0.39, 0.29) is 23.9 Å². The molecule has 0 aromatic heterocycles. The van der Waals surface area contributed by atoms with Crippen molar-refractivity contribution in [2.45, 2.75) is 64.3 Å². The average Bonchev–Trinajstić information content (AvgIpc) is 2.62. The van der Waals surface area contributed by atoms with Gasteiger partial charge in [-0.3, -0.25) is 0 Å². The molecule has 0 aliphatic rings. The number of nitrogens with one attached hydrogen (secondary N) is 1. The minimum atomic E-state index is -0.468. The van der Waals surface area contributed by atoms with E-state index in [2.05, 4.69) is 19.2 Å². The number of methoxy groups -OCH3 is 3. The van der Waals surface area contributed by atoms with Crippen molar-refractivity contribution in [2.24, 2.45) is 0 Å². The van der Waals surface area contributed by atoms with Gasteiger partial charge in [0.1, 0.15) is 12.7 Å². The maximum atomic E-state index is 11.6. The lowest BCUT2D eigenvalue weighted by atomic mass is 10.0. The average molecular weight is 408 g/mol. The van der Waals surface area contributed by atoms with Gasteiger partial charge in [-0.2, -0.15) is 0 Å². The third-order valence-electron chi connectivity index (χ3n) is 4.27. The molecule has 8 heteroatoms. The Hall–Kier alpha value is -0.930. The summed E-state index contributed by atoms with van der Waals surface area (Å²) in [7, 11) is 4.82. The van der Waals surface area contributed by atoms with Crippen LogP contribution in [0.4, 0.5) is 4.79 Å². The van der Waals surface area contributed by atoms with Crippen LogP contribution in [-0.4, -0.2) is 84.3 Å². The molecule has 0 aliphatic carbocycles. The minimum Gasteiger partial charge on any atom is -0.447 e. The molecule has 0 aliphatic heterocycles. The summed E-state index contributed by atoms with van der Waals surface area (Å²) in [4.78, 5) is 11.6. The third-order valence-corrected chi connectivity index (χ3v) is 4.27. The maximum Gasteiger partial charge on any atom is 0.407 e. The highest BCUT2D eigenvalue weighted by Crippen LogP contribution is 2.19. The van der Waals surface area contributed by atoms with Crippen molar-refractivity contribution in [3.05, 3.63) is 0 Å². The van der Waals surface area contributed by atoms with Crippen molar-refractivity contribution in [1.29, 1.82) is 0 Å². The molecule has 1 N–H and O–H groups in total. The van der Waals surface area contributed by atoms with Crippen molar-refractivity contribution in [2.75, 3.05) is 60.9 Å². The molecule has 0 saturated carbocycles. The topological polar surface area (TPSA) is 84.5 Å². The van der Waals surface area contributed by atoms with E-state index in [0.29, 0.717) is 39.4 Å². The molecular formula is C20H41NO7. The van der Waals surface area contributed by atoms with Crippen molar-refractivity contribution in [1.82, 2.24) is 5.32 Å². The number of alkyl carbamates (subject to hydrolysis) is 1. The van der Waals surface area contributed by atoms with Gasteiger partial charge < -0.3 is 33.7 Å². The zero-order valence-corrected chi connectivity index (χ0v) is 18.8. The van der Waals surface area contributed by atoms with Crippen molar-refractivity contribution in [3.63, 3.8) is 0 Å². The molecule has 0 spiro atoms. The first-order valence-corrected chi connectivity index (χ1v) is 9.85. The van der Waals surface area contributed by atoms with Crippen LogP contribution in [0.1, 0.15) is 47.0 Å². The van der Waals surface area contributed by atoms with Crippen LogP contribution >= 0.6 is 0 Å². The Kier molecular flexibility index (Phi) is 14.5. The molecule has 0 bridgehead atoms. The van der Waals surface area contributed by atoms with Gasteiger partial charge in [-0.15, -0.1) is 0 Å². The standard InChI is InChI=1S/C20H41NO7/c1-19(2,9-13-23-5)28-14-10-20(3,4)27-12-8-11-21-18(22)26-16-17(25-7)15-24-6/h17H,8-16H2,1-7H3,(H,21,22)/t17-/m1/s1. The molecule has 0 aromatic carbocycles. The van der Waals surface area contributed by atoms with Crippen LogP contribution < -0.4 is 5.32 Å². The highest BCUT2D eigenvalue weighted by atomic mass is 16.6. The molecule has 0 unspecified atom stereocenters. The second-order valence-electron chi connectivity index (χ2n) is 7.90. The van der Waals surface area contributed by atoms with Crippen LogP contribution in [-0.2, 0) is 28.4 Å². The third kappa shape index (κ3) is 15.0. The fraction of sp³-hybridized carbons (Fsp3) is 0.950. The van der Waals surface area contributed by atoms with Gasteiger partial charge >= 0.3 is 6.09 Å². The number of ether oxygens (including phenoxy) is 6. The van der Waals surface area contributed by atoms with Gasteiger partial charge in [0.2, 0.25) is 0 Å². The van der Waals surface area contributed by atoms with Gasteiger partial charge in [-0.05, 0) is 47.0 Å². The predicted molar refractivity (Wildman–Crippen MR) is 108 cm³/mol. The van der Waals surface area contributed by atoms with Gasteiger partial charge in [-0.1, -0.05) is 0 Å². The second-order valence-corrected chi connectivity index (χ2v) is 7.90. The molecule has 0 aromatic rings. The second kappa shape index (κ2) is 15.0. The maximum absolute atomic E-state index is 11.6. The van der Waals surface area contributed by atoms with E-state index < -0.39 is 6.09 Å². The lowest BCUT2D eigenvalue weighted by Crippen LogP contribution is -2.33. The van der Waals surface area contributed by atoms with E-state index in [9.17, 15) is 4.79 Å². The van der Waals surface area contributed by atoms with Gasteiger partial charge in [0, 0.05) is 41.1 Å². The smallest absolute Gasteiger partial charge is 0.407 e. The Balaban J connectivity index is 3.83. The van der Waals surface area contributed by atoms with E-state index in [0.717, 1.165) is 12.8 Å². The fourth-order valence-electron chi connectivity index (χ4n) is 2.27. The molecular weight excluding hydrogens is 366 g/mol. The minimum absolute atomic E-state index is 0.153. The van der Waals surface area contributed by atoms with Crippen molar-refractivity contribution >= 4 is 6.09 Å². The highest BCUT2D eigenvalue weighted by molar-refractivity contribution is 5.67. The van der Waals surface area contributed by atoms with Crippen molar-refractivity contribution < 1.29 is 33.2 Å². The first-order valence-electron chi connectivity index (χ1n) is 9.85. The SMILES string of the molecule is COCCC(C)(C)OCCC(C)(C)OCCCNC(=O)OC[C@@H](COC)OC. The molecule has 1 atom stereocenters. The summed E-state index contributed by atoms with van der Waals surface area (Å²) >= 11 is 0. The van der Waals surface area contributed by atoms with Crippen LogP contribution in [0.25, 0.3) is 0 Å². The van der Waals surface area contributed by atoms with Crippen LogP contribution in [0.5, 0.6) is 0 Å². The number of hydrogen-bond donors (Lipinski definition) is 1. The van der Waals surface area contributed by atoms with Gasteiger partial charge in [0.25, 0.3) is 0 Å². The summed E-state index contributed by atoms with van der Waals surface area (Å²) in [5.41, 5.74) is -0.495. The largest absolute Gasteiger partial charge is 0.447 e. The normalized spacial score (nSPS) is 13.4. The summed E-state index contributed by atoms with van der Waals surface area (Å²) < 4.78 is 32.2. The first kappa shape index (κ1) is 27.1. The molecule has 28 heavy (non-hydrogen) atoms. The monoisotopic (exact) mass is 407 g/mol. The van der Waals surface area contributed by atoms with E-state index in [1.807, 2.05) is 13.8 Å². The number of rotatable bonds is 17. The predicted octanol–water partition coefficient (Wildman–Crippen LogP) is 2.78. The number of carbonyl (C=O) groups excluding carboxylic acids is 1. The van der Waals surface area contributed by atoms with Gasteiger partial charge in [0.05, 0.1) is 24.4 Å². The molecule has 0 heterocycles. The zero-order chi connectivity index (χ0) is 21.5. The van der Waals surface area contributed by atoms with E-state index in [4.69, 9.17) is 28.4 Å². The lowest BCUT2D eigenvalue weighted by molar-refractivity contribution is -0.0791. The van der Waals surface area contributed by atoms with Gasteiger partial charge in [-0.25, -0.2) is 4.79 Å². The highest BCUT2D eigenvalue weighted by Gasteiger charge is 2.22. The van der Waals surface area contributed by atoms with Crippen LogP contribution in [0.2, 0.25) is 0 Å². The number of carbonyl (C=O) groups is 1. The molecule has 168 valence electrons. The Morgan fingerprint density at radius 1 is 0.857 bits per heavy atom. The molecule has 1 amide bonds. The zero-order valence-electron chi connectivity index (χ0n) is 18.8. The van der Waals surface area contributed by atoms with Crippen LogP contribution in [0.3, 0.4) is 0 Å². The van der Waals surface area contributed by atoms with Crippen LogP contribution in [0, 0.1) is 0 Å². The van der Waals surface area contributed by atoms with Gasteiger partial charge in [0.15, 0.2) is 0 Å².